The summed E-state index contributed by atoms with van der Waals surface area (Å²) in [4.78, 5) is 12.4. The van der Waals surface area contributed by atoms with Gasteiger partial charge in [-0.2, -0.15) is 0 Å². The van der Waals surface area contributed by atoms with Crippen molar-refractivity contribution in [3.8, 4) is 0 Å². The highest BCUT2D eigenvalue weighted by Crippen LogP contribution is 2.12. The maximum absolute atomic E-state index is 11.6. The first-order valence-electron chi connectivity index (χ1n) is 5.49. The van der Waals surface area contributed by atoms with Crippen LogP contribution in [0.4, 0.5) is 0 Å². The quantitative estimate of drug-likeness (QED) is 0.392. The number of carbonyl (C=O) groups is 1. The van der Waals surface area contributed by atoms with Gasteiger partial charge in [-0.1, -0.05) is 11.6 Å². The maximum atomic E-state index is 11.6. The van der Waals surface area contributed by atoms with Gasteiger partial charge < -0.3 is 4.74 Å². The van der Waals surface area contributed by atoms with Crippen LogP contribution in [0.3, 0.4) is 0 Å². The van der Waals surface area contributed by atoms with Gasteiger partial charge in [-0.25, -0.2) is 0 Å². The summed E-state index contributed by atoms with van der Waals surface area (Å²) in [6.07, 6.45) is 2.28. The molecule has 1 aromatic rings. The Morgan fingerprint density at radius 1 is 1.44 bits per heavy atom. The van der Waals surface area contributed by atoms with Crippen LogP contribution in [-0.4, -0.2) is 19.0 Å². The molecule has 1 heterocycles. The van der Waals surface area contributed by atoms with Crippen LogP contribution in [0.25, 0.3) is 0 Å². The summed E-state index contributed by atoms with van der Waals surface area (Å²) in [7, 11) is 0. The summed E-state index contributed by atoms with van der Waals surface area (Å²) in [6, 6.07) is 3.77. The normalized spacial score (nSPS) is 10.3. The smallest absolute Gasteiger partial charge is 0.172 e. The topological polar surface area (TPSA) is 26.3 Å². The zero-order chi connectivity index (χ0) is 11.8. The van der Waals surface area contributed by atoms with Gasteiger partial charge in [0.05, 0.1) is 11.5 Å². The number of carbonyl (C=O) groups excluding carboxylic acids is 1. The molecular weight excluding hydrogens is 220 g/mol. The molecule has 88 valence electrons. The third-order valence-electron chi connectivity index (χ3n) is 2.16. The van der Waals surface area contributed by atoms with E-state index in [1.54, 1.807) is 0 Å². The summed E-state index contributed by atoms with van der Waals surface area (Å²) in [5.74, 6) is 0.221. The van der Waals surface area contributed by atoms with Gasteiger partial charge in [0.25, 0.3) is 0 Å². The van der Waals surface area contributed by atoms with E-state index in [2.05, 4.69) is 6.58 Å². The Labute approximate surface area is 101 Å². The number of ketones is 1. The fourth-order valence-corrected chi connectivity index (χ4v) is 1.94. The molecule has 0 radical (unpaired) electrons. The number of hydrogen-bond donors (Lipinski definition) is 0. The standard InChI is InChI=1S/C13H18O2S/c1-11(2)7-9-15-8-3-5-12(14)13-6-4-10-16-13/h4,6,10H,1,3,5,7-9H2,2H3. The Bertz CT molecular complexity index is 328. The molecule has 1 aromatic heterocycles. The van der Waals surface area contributed by atoms with Crippen LogP contribution in [-0.2, 0) is 4.74 Å². The molecule has 3 heteroatoms. The van der Waals surface area contributed by atoms with Crippen LogP contribution < -0.4 is 0 Å². The summed E-state index contributed by atoms with van der Waals surface area (Å²) in [5.41, 5.74) is 1.13. The van der Waals surface area contributed by atoms with Crippen molar-refractivity contribution >= 4 is 17.1 Å². The number of thiophene rings is 1. The van der Waals surface area contributed by atoms with E-state index in [-0.39, 0.29) is 5.78 Å². The second-order valence-corrected chi connectivity index (χ2v) is 4.77. The summed E-state index contributed by atoms with van der Waals surface area (Å²) in [6.45, 7) is 7.16. The fourth-order valence-electron chi connectivity index (χ4n) is 1.24. The van der Waals surface area contributed by atoms with Crippen molar-refractivity contribution in [2.45, 2.75) is 26.2 Å². The van der Waals surface area contributed by atoms with Crippen LogP contribution in [0.5, 0.6) is 0 Å². The molecule has 0 atom stereocenters. The molecule has 0 unspecified atom stereocenters. The van der Waals surface area contributed by atoms with E-state index < -0.39 is 0 Å². The van der Waals surface area contributed by atoms with Gasteiger partial charge in [-0.15, -0.1) is 17.9 Å². The summed E-state index contributed by atoms with van der Waals surface area (Å²) < 4.78 is 5.40. The maximum Gasteiger partial charge on any atom is 0.172 e. The molecule has 0 aromatic carbocycles. The SMILES string of the molecule is C=C(C)CCOCCCC(=O)c1cccs1. The fraction of sp³-hybridized carbons (Fsp3) is 0.462. The van der Waals surface area contributed by atoms with E-state index in [1.807, 2.05) is 24.4 Å². The Hall–Kier alpha value is -0.930. The summed E-state index contributed by atoms with van der Waals surface area (Å²) >= 11 is 1.50. The van der Waals surface area contributed by atoms with Gasteiger partial charge in [0.1, 0.15) is 0 Å². The molecule has 0 N–H and O–H groups in total. The van der Waals surface area contributed by atoms with Crippen molar-refractivity contribution in [1.29, 1.82) is 0 Å². The zero-order valence-electron chi connectivity index (χ0n) is 9.70. The van der Waals surface area contributed by atoms with Gasteiger partial charge in [-0.05, 0) is 31.2 Å². The van der Waals surface area contributed by atoms with Crippen molar-refractivity contribution in [2.24, 2.45) is 0 Å². The van der Waals surface area contributed by atoms with E-state index in [4.69, 9.17) is 4.74 Å². The molecule has 1 rings (SSSR count). The van der Waals surface area contributed by atoms with E-state index in [0.717, 1.165) is 23.3 Å². The largest absolute Gasteiger partial charge is 0.381 e. The lowest BCUT2D eigenvalue weighted by Gasteiger charge is -2.03. The van der Waals surface area contributed by atoms with Gasteiger partial charge in [0.15, 0.2) is 5.78 Å². The van der Waals surface area contributed by atoms with Crippen molar-refractivity contribution < 1.29 is 9.53 Å². The van der Waals surface area contributed by atoms with E-state index in [1.165, 1.54) is 11.3 Å². The second-order valence-electron chi connectivity index (χ2n) is 3.82. The molecule has 0 fully saturated rings. The third kappa shape index (κ3) is 5.24. The van der Waals surface area contributed by atoms with E-state index in [9.17, 15) is 4.79 Å². The molecule has 0 saturated carbocycles. The predicted octanol–water partition coefficient (Wildman–Crippen LogP) is 3.69. The van der Waals surface area contributed by atoms with Crippen molar-refractivity contribution in [2.75, 3.05) is 13.2 Å². The number of Topliss-reactive ketones (excluding diaryl/α,β-unsaturated/α-hetero) is 1. The summed E-state index contributed by atoms with van der Waals surface area (Å²) in [5, 5.41) is 1.93. The lowest BCUT2D eigenvalue weighted by molar-refractivity contribution is 0.0944. The molecule has 16 heavy (non-hydrogen) atoms. The first-order valence-corrected chi connectivity index (χ1v) is 6.37. The Morgan fingerprint density at radius 3 is 2.88 bits per heavy atom. The number of ether oxygens (including phenoxy) is 1. The first kappa shape index (κ1) is 13.1. The molecule has 0 aliphatic rings. The lowest BCUT2D eigenvalue weighted by atomic mass is 10.2. The number of hydrogen-bond acceptors (Lipinski definition) is 3. The lowest BCUT2D eigenvalue weighted by Crippen LogP contribution is -2.01. The molecule has 0 amide bonds. The monoisotopic (exact) mass is 238 g/mol. The van der Waals surface area contributed by atoms with Crippen molar-refractivity contribution in [3.63, 3.8) is 0 Å². The van der Waals surface area contributed by atoms with Crippen molar-refractivity contribution in [3.05, 3.63) is 34.5 Å². The van der Waals surface area contributed by atoms with Crippen molar-refractivity contribution in [1.82, 2.24) is 0 Å². The highest BCUT2D eigenvalue weighted by molar-refractivity contribution is 7.12. The molecule has 0 spiro atoms. The van der Waals surface area contributed by atoms with Crippen LogP contribution in [0, 0.1) is 0 Å². The average molecular weight is 238 g/mol. The van der Waals surface area contributed by atoms with Crippen LogP contribution >= 0.6 is 11.3 Å². The Morgan fingerprint density at radius 2 is 2.25 bits per heavy atom. The molecule has 0 aliphatic heterocycles. The number of rotatable bonds is 8. The third-order valence-corrected chi connectivity index (χ3v) is 3.07. The zero-order valence-corrected chi connectivity index (χ0v) is 10.5. The van der Waals surface area contributed by atoms with Gasteiger partial charge in [0, 0.05) is 13.0 Å². The minimum absolute atomic E-state index is 0.221. The average Bonchev–Trinajstić information content (AvgIpc) is 2.75. The molecule has 0 aliphatic carbocycles. The molecular formula is C13H18O2S. The minimum Gasteiger partial charge on any atom is -0.381 e. The molecule has 0 bridgehead atoms. The van der Waals surface area contributed by atoms with Crippen LogP contribution in [0.1, 0.15) is 35.9 Å². The molecule has 0 saturated heterocycles. The van der Waals surface area contributed by atoms with E-state index in [0.29, 0.717) is 19.6 Å². The first-order chi connectivity index (χ1) is 7.70. The highest BCUT2D eigenvalue weighted by Gasteiger charge is 2.05. The second kappa shape index (κ2) is 7.36. The Balaban J connectivity index is 2.03. The van der Waals surface area contributed by atoms with E-state index >= 15 is 0 Å². The minimum atomic E-state index is 0.221. The highest BCUT2D eigenvalue weighted by atomic mass is 32.1. The molecule has 2 nitrogen and oxygen atoms in total. The van der Waals surface area contributed by atoms with Crippen LogP contribution in [0.2, 0.25) is 0 Å². The van der Waals surface area contributed by atoms with Gasteiger partial charge in [-0.3, -0.25) is 4.79 Å². The predicted molar refractivity (Wildman–Crippen MR) is 68.1 cm³/mol. The van der Waals surface area contributed by atoms with Crippen LogP contribution in [0.15, 0.2) is 29.7 Å². The Kier molecular flexibility index (Phi) is 6.04. The van der Waals surface area contributed by atoms with Gasteiger partial charge in [0.2, 0.25) is 0 Å². The van der Waals surface area contributed by atoms with Gasteiger partial charge >= 0.3 is 0 Å².